The highest BCUT2D eigenvalue weighted by atomic mass is 19.1. The Balaban J connectivity index is 2.36. The molecule has 0 aliphatic carbocycles. The summed E-state index contributed by atoms with van der Waals surface area (Å²) in [6, 6.07) is 5.83. The van der Waals surface area contributed by atoms with Gasteiger partial charge in [0.15, 0.2) is 0 Å². The summed E-state index contributed by atoms with van der Waals surface area (Å²) in [5.41, 5.74) is 6.85. The molecule has 2 N–H and O–H groups in total. The van der Waals surface area contributed by atoms with Crippen LogP contribution in [0.4, 0.5) is 15.8 Å². The van der Waals surface area contributed by atoms with E-state index < -0.39 is 5.82 Å². The first-order chi connectivity index (χ1) is 9.04. The highest BCUT2D eigenvalue weighted by molar-refractivity contribution is 6.07. The second kappa shape index (κ2) is 5.09. The summed E-state index contributed by atoms with van der Waals surface area (Å²) in [7, 11) is 1.57. The van der Waals surface area contributed by atoms with E-state index in [2.05, 4.69) is 5.10 Å². The van der Waals surface area contributed by atoms with Crippen molar-refractivity contribution in [2.75, 3.05) is 17.7 Å². The highest BCUT2D eigenvalue weighted by Crippen LogP contribution is 2.19. The van der Waals surface area contributed by atoms with Crippen molar-refractivity contribution in [1.29, 1.82) is 0 Å². The summed E-state index contributed by atoms with van der Waals surface area (Å²) < 4.78 is 14.7. The molecule has 2 rings (SSSR count). The van der Waals surface area contributed by atoms with Gasteiger partial charge in [-0.1, -0.05) is 6.07 Å². The van der Waals surface area contributed by atoms with Crippen molar-refractivity contribution in [2.45, 2.75) is 13.5 Å². The molecule has 5 nitrogen and oxygen atoms in total. The van der Waals surface area contributed by atoms with Gasteiger partial charge in [0.1, 0.15) is 11.5 Å². The maximum Gasteiger partial charge on any atom is 0.278 e. The molecular weight excluding hydrogens is 247 g/mol. The molecule has 0 aliphatic rings. The summed E-state index contributed by atoms with van der Waals surface area (Å²) in [5.74, 6) is -0.712. The molecule has 19 heavy (non-hydrogen) atoms. The molecule has 0 saturated heterocycles. The van der Waals surface area contributed by atoms with Gasteiger partial charge >= 0.3 is 0 Å². The quantitative estimate of drug-likeness (QED) is 0.918. The smallest absolute Gasteiger partial charge is 0.278 e. The Labute approximate surface area is 110 Å². The topological polar surface area (TPSA) is 64.2 Å². The zero-order valence-electron chi connectivity index (χ0n) is 10.8. The van der Waals surface area contributed by atoms with Crippen molar-refractivity contribution in [3.05, 3.63) is 42.0 Å². The van der Waals surface area contributed by atoms with E-state index in [4.69, 9.17) is 5.73 Å². The predicted octanol–water partition coefficient (Wildman–Crippen LogP) is 1.90. The number of halogens is 1. The number of carbonyl (C=O) groups is 1. The van der Waals surface area contributed by atoms with E-state index in [1.54, 1.807) is 19.2 Å². The number of benzene rings is 1. The minimum absolute atomic E-state index is 0.314. The van der Waals surface area contributed by atoms with Gasteiger partial charge in [-0.3, -0.25) is 9.48 Å². The lowest BCUT2D eigenvalue weighted by molar-refractivity contribution is 0.0983. The minimum Gasteiger partial charge on any atom is -0.396 e. The Morgan fingerprint density at radius 3 is 2.89 bits per heavy atom. The van der Waals surface area contributed by atoms with E-state index in [0.717, 1.165) is 0 Å². The summed E-state index contributed by atoms with van der Waals surface area (Å²) in [6.45, 7) is 2.40. The van der Waals surface area contributed by atoms with Crippen LogP contribution in [0.1, 0.15) is 17.4 Å². The average Bonchev–Trinajstić information content (AvgIpc) is 2.78. The second-order valence-corrected chi connectivity index (χ2v) is 4.11. The van der Waals surface area contributed by atoms with Gasteiger partial charge in [0.2, 0.25) is 0 Å². The molecule has 0 radical (unpaired) electrons. The average molecular weight is 262 g/mol. The third-order valence-corrected chi connectivity index (χ3v) is 2.87. The van der Waals surface area contributed by atoms with Crippen molar-refractivity contribution in [3.63, 3.8) is 0 Å². The van der Waals surface area contributed by atoms with Crippen LogP contribution in [0.3, 0.4) is 0 Å². The lowest BCUT2D eigenvalue weighted by atomic mass is 10.2. The van der Waals surface area contributed by atoms with E-state index in [-0.39, 0.29) is 5.91 Å². The summed E-state index contributed by atoms with van der Waals surface area (Å²) >= 11 is 0. The van der Waals surface area contributed by atoms with Gasteiger partial charge in [-0.2, -0.15) is 5.10 Å². The predicted molar refractivity (Wildman–Crippen MR) is 71.4 cm³/mol. The number of aromatic nitrogens is 2. The number of anilines is 2. The number of rotatable bonds is 3. The first kappa shape index (κ1) is 13.1. The normalized spacial score (nSPS) is 10.5. The van der Waals surface area contributed by atoms with Crippen molar-refractivity contribution in [2.24, 2.45) is 0 Å². The number of hydrogen-bond donors (Lipinski definition) is 1. The van der Waals surface area contributed by atoms with Gasteiger partial charge in [0.25, 0.3) is 5.91 Å². The number of hydrogen-bond acceptors (Lipinski definition) is 3. The third kappa shape index (κ3) is 2.42. The van der Waals surface area contributed by atoms with Crippen LogP contribution in [0.2, 0.25) is 0 Å². The van der Waals surface area contributed by atoms with Crippen LogP contribution >= 0.6 is 0 Å². The zero-order chi connectivity index (χ0) is 14.0. The van der Waals surface area contributed by atoms with Crippen LogP contribution in [0, 0.1) is 5.82 Å². The fourth-order valence-corrected chi connectivity index (χ4v) is 1.83. The number of nitrogens with zero attached hydrogens (tertiary/aromatic N) is 3. The van der Waals surface area contributed by atoms with Gasteiger partial charge in [0.05, 0.1) is 11.9 Å². The third-order valence-electron chi connectivity index (χ3n) is 2.87. The van der Waals surface area contributed by atoms with Crippen LogP contribution in [0.25, 0.3) is 0 Å². The fraction of sp³-hybridized carbons (Fsp3) is 0.231. The Morgan fingerprint density at radius 2 is 2.26 bits per heavy atom. The number of nitrogen functional groups attached to an aromatic ring is 1. The van der Waals surface area contributed by atoms with E-state index in [9.17, 15) is 9.18 Å². The molecule has 0 saturated carbocycles. The highest BCUT2D eigenvalue weighted by Gasteiger charge is 2.21. The van der Waals surface area contributed by atoms with Crippen molar-refractivity contribution in [3.8, 4) is 0 Å². The van der Waals surface area contributed by atoms with Crippen molar-refractivity contribution in [1.82, 2.24) is 9.78 Å². The first-order valence-electron chi connectivity index (χ1n) is 5.89. The summed E-state index contributed by atoms with van der Waals surface area (Å²) in [5, 5.41) is 4.02. The number of amides is 1. The second-order valence-electron chi connectivity index (χ2n) is 4.11. The SMILES string of the molecule is CCn1ncc(N)c1C(=O)N(C)c1cccc(F)c1. The Kier molecular flexibility index (Phi) is 3.50. The number of carbonyl (C=O) groups excluding carboxylic acids is 1. The first-order valence-corrected chi connectivity index (χ1v) is 5.89. The molecule has 0 aliphatic heterocycles. The van der Waals surface area contributed by atoms with E-state index >= 15 is 0 Å². The van der Waals surface area contributed by atoms with Crippen LogP contribution < -0.4 is 10.6 Å². The van der Waals surface area contributed by atoms with Crippen LogP contribution in [0.15, 0.2) is 30.5 Å². The molecule has 6 heteroatoms. The molecule has 1 aromatic carbocycles. The van der Waals surface area contributed by atoms with Crippen LogP contribution in [-0.2, 0) is 6.54 Å². The van der Waals surface area contributed by atoms with Gasteiger partial charge in [0, 0.05) is 19.3 Å². The van der Waals surface area contributed by atoms with E-state index in [1.807, 2.05) is 6.92 Å². The lowest BCUT2D eigenvalue weighted by Crippen LogP contribution is -2.29. The Hall–Kier alpha value is -2.37. The Morgan fingerprint density at radius 1 is 1.53 bits per heavy atom. The monoisotopic (exact) mass is 262 g/mol. The fourth-order valence-electron chi connectivity index (χ4n) is 1.83. The maximum atomic E-state index is 13.2. The van der Waals surface area contributed by atoms with Crippen LogP contribution in [-0.4, -0.2) is 22.7 Å². The minimum atomic E-state index is -0.394. The van der Waals surface area contributed by atoms with Gasteiger partial charge in [-0.25, -0.2) is 4.39 Å². The molecule has 0 atom stereocenters. The van der Waals surface area contributed by atoms with E-state index in [0.29, 0.717) is 23.6 Å². The standard InChI is InChI=1S/C13H15FN4O/c1-3-18-12(11(15)8-16-18)13(19)17(2)10-6-4-5-9(14)7-10/h4-8H,3,15H2,1-2H3. The molecule has 0 bridgehead atoms. The summed E-state index contributed by atoms with van der Waals surface area (Å²) in [6.07, 6.45) is 1.44. The van der Waals surface area contributed by atoms with Gasteiger partial charge in [-0.05, 0) is 25.1 Å². The molecule has 0 spiro atoms. The molecule has 0 fully saturated rings. The lowest BCUT2D eigenvalue weighted by Gasteiger charge is -2.18. The molecule has 1 aromatic heterocycles. The number of nitrogens with two attached hydrogens (primary N) is 1. The summed E-state index contributed by atoms with van der Waals surface area (Å²) in [4.78, 5) is 13.7. The number of aryl methyl sites for hydroxylation is 1. The zero-order valence-corrected chi connectivity index (χ0v) is 10.8. The molecule has 1 amide bonds. The molecular formula is C13H15FN4O. The van der Waals surface area contributed by atoms with Crippen molar-refractivity contribution >= 4 is 17.3 Å². The van der Waals surface area contributed by atoms with Gasteiger partial charge in [-0.15, -0.1) is 0 Å². The largest absolute Gasteiger partial charge is 0.396 e. The Bertz CT molecular complexity index is 608. The molecule has 100 valence electrons. The van der Waals surface area contributed by atoms with Crippen molar-refractivity contribution < 1.29 is 9.18 Å². The van der Waals surface area contributed by atoms with E-state index in [1.165, 1.54) is 27.9 Å². The maximum absolute atomic E-state index is 13.2. The van der Waals surface area contributed by atoms with Crippen LogP contribution in [0.5, 0.6) is 0 Å². The molecule has 1 heterocycles. The van der Waals surface area contributed by atoms with Gasteiger partial charge < -0.3 is 10.6 Å². The molecule has 2 aromatic rings. The molecule has 0 unspecified atom stereocenters.